The van der Waals surface area contributed by atoms with Crippen LogP contribution in [0.2, 0.25) is 0 Å². The zero-order valence-corrected chi connectivity index (χ0v) is 18.6. The highest BCUT2D eigenvalue weighted by Gasteiger charge is 2.33. The molecule has 0 amide bonds. The first kappa shape index (κ1) is 19.9. The first-order valence-electron chi connectivity index (χ1n) is 11.1. The van der Waals surface area contributed by atoms with E-state index in [0.29, 0.717) is 0 Å². The highest BCUT2D eigenvalue weighted by molar-refractivity contribution is 7.19. The van der Waals surface area contributed by atoms with E-state index < -0.39 is 0 Å². The van der Waals surface area contributed by atoms with E-state index in [-0.39, 0.29) is 17.4 Å². The lowest BCUT2D eigenvalue weighted by Gasteiger charge is -2.42. The van der Waals surface area contributed by atoms with Crippen molar-refractivity contribution < 1.29 is 4.39 Å². The quantitative estimate of drug-likeness (QED) is 0.580. The number of aromatic nitrogens is 2. The number of nitrogens with zero attached hydrogens (tertiary/aromatic N) is 3. The van der Waals surface area contributed by atoms with Gasteiger partial charge in [-0.1, -0.05) is 12.1 Å². The molecule has 1 unspecified atom stereocenters. The minimum absolute atomic E-state index is 0.00290. The monoisotopic (exact) mass is 424 g/mol. The fourth-order valence-corrected chi connectivity index (χ4v) is 6.21. The minimum atomic E-state index is -0.158. The molecule has 1 atom stereocenters. The number of halogens is 1. The van der Waals surface area contributed by atoms with Crippen molar-refractivity contribution in [2.24, 2.45) is 0 Å². The Balaban J connectivity index is 1.33. The van der Waals surface area contributed by atoms with Gasteiger partial charge < -0.3 is 5.32 Å². The van der Waals surface area contributed by atoms with Gasteiger partial charge in [-0.05, 0) is 75.6 Å². The molecule has 1 aliphatic heterocycles. The number of hydrogen-bond donors (Lipinski definition) is 1. The number of likely N-dealkylation sites (tertiary alicyclic amines) is 1. The third-order valence-corrected chi connectivity index (χ3v) is 8.15. The van der Waals surface area contributed by atoms with Gasteiger partial charge >= 0.3 is 0 Å². The van der Waals surface area contributed by atoms with Gasteiger partial charge in [0.2, 0.25) is 0 Å². The molecule has 3 heterocycles. The lowest BCUT2D eigenvalue weighted by Crippen LogP contribution is -2.48. The van der Waals surface area contributed by atoms with Gasteiger partial charge in [-0.3, -0.25) is 4.90 Å². The Hall–Kier alpha value is -2.05. The molecular weight excluding hydrogens is 395 g/mol. The molecule has 158 valence electrons. The summed E-state index contributed by atoms with van der Waals surface area (Å²) in [5.74, 6) is 0.850. The molecule has 2 aliphatic rings. The van der Waals surface area contributed by atoms with E-state index in [0.717, 1.165) is 48.6 Å². The number of nitrogens with one attached hydrogen (secondary N) is 1. The van der Waals surface area contributed by atoms with Gasteiger partial charge in [0.25, 0.3) is 0 Å². The first-order valence-corrected chi connectivity index (χ1v) is 11.9. The number of fused-ring (bicyclic) bond motifs is 3. The van der Waals surface area contributed by atoms with E-state index in [1.807, 2.05) is 17.4 Å². The summed E-state index contributed by atoms with van der Waals surface area (Å²) in [7, 11) is 0. The molecule has 4 nitrogen and oxygen atoms in total. The van der Waals surface area contributed by atoms with Gasteiger partial charge in [-0.2, -0.15) is 0 Å². The zero-order valence-electron chi connectivity index (χ0n) is 17.7. The molecule has 1 saturated heterocycles. The normalized spacial score (nSPS) is 20.1. The molecule has 6 heteroatoms. The lowest BCUT2D eigenvalue weighted by molar-refractivity contribution is 0.139. The second-order valence-electron chi connectivity index (χ2n) is 9.07. The van der Waals surface area contributed by atoms with Gasteiger partial charge in [0.05, 0.1) is 5.39 Å². The van der Waals surface area contributed by atoms with Gasteiger partial charge in [0.1, 0.15) is 22.8 Å². The molecule has 0 spiro atoms. The molecule has 1 aliphatic carbocycles. The van der Waals surface area contributed by atoms with Crippen molar-refractivity contribution in [3.05, 3.63) is 52.4 Å². The fraction of sp³-hybridized carbons (Fsp3) is 0.500. The maximum atomic E-state index is 13.6. The Morgan fingerprint density at radius 1 is 1.17 bits per heavy atom. The lowest BCUT2D eigenvalue weighted by atomic mass is 9.88. The second kappa shape index (κ2) is 7.89. The van der Waals surface area contributed by atoms with Crippen LogP contribution < -0.4 is 5.32 Å². The van der Waals surface area contributed by atoms with Crippen LogP contribution in [0.25, 0.3) is 10.2 Å². The number of rotatable bonds is 4. The first-order chi connectivity index (χ1) is 14.5. The number of hydrogen-bond acceptors (Lipinski definition) is 5. The predicted molar refractivity (Wildman–Crippen MR) is 122 cm³/mol. The Morgan fingerprint density at radius 2 is 1.97 bits per heavy atom. The van der Waals surface area contributed by atoms with Crippen molar-refractivity contribution in [3.63, 3.8) is 0 Å². The van der Waals surface area contributed by atoms with Crippen LogP contribution in [0.1, 0.15) is 61.6 Å². The maximum Gasteiger partial charge on any atom is 0.138 e. The Bertz CT molecular complexity index is 1050. The summed E-state index contributed by atoms with van der Waals surface area (Å²) >= 11 is 1.85. The average Bonchev–Trinajstić information content (AvgIpc) is 3.13. The zero-order chi connectivity index (χ0) is 20.7. The summed E-state index contributed by atoms with van der Waals surface area (Å²) in [5, 5.41) is 5.07. The molecule has 0 radical (unpaired) electrons. The van der Waals surface area contributed by atoms with Crippen LogP contribution in [0.3, 0.4) is 0 Å². The number of anilines is 1. The van der Waals surface area contributed by atoms with Gasteiger partial charge in [0.15, 0.2) is 0 Å². The topological polar surface area (TPSA) is 41.0 Å². The number of piperidine rings is 1. The smallest absolute Gasteiger partial charge is 0.138 e. The minimum Gasteiger partial charge on any atom is -0.364 e. The molecule has 0 saturated carbocycles. The summed E-state index contributed by atoms with van der Waals surface area (Å²) in [5.41, 5.74) is 2.53. The number of aryl methyl sites for hydroxylation is 2. The summed E-state index contributed by atoms with van der Waals surface area (Å²) < 4.78 is 13.6. The van der Waals surface area contributed by atoms with Crippen molar-refractivity contribution >= 4 is 27.4 Å². The molecule has 1 fully saturated rings. The third kappa shape index (κ3) is 3.71. The van der Waals surface area contributed by atoms with E-state index in [9.17, 15) is 4.39 Å². The summed E-state index contributed by atoms with van der Waals surface area (Å²) in [6.07, 6.45) is 8.64. The number of benzene rings is 1. The van der Waals surface area contributed by atoms with E-state index in [4.69, 9.17) is 0 Å². The van der Waals surface area contributed by atoms with Gasteiger partial charge in [-0.15, -0.1) is 11.3 Å². The van der Waals surface area contributed by atoms with Crippen LogP contribution in [0.4, 0.5) is 10.2 Å². The molecule has 1 N–H and O–H groups in total. The fourth-order valence-electron chi connectivity index (χ4n) is 4.98. The van der Waals surface area contributed by atoms with Crippen molar-refractivity contribution in [2.45, 2.75) is 64.0 Å². The molecular formula is C24H29FN4S. The van der Waals surface area contributed by atoms with Crippen molar-refractivity contribution in [3.8, 4) is 0 Å². The van der Waals surface area contributed by atoms with Crippen LogP contribution in [-0.4, -0.2) is 33.5 Å². The van der Waals surface area contributed by atoms with Gasteiger partial charge in [-0.25, -0.2) is 14.4 Å². The van der Waals surface area contributed by atoms with Crippen molar-refractivity contribution in [2.75, 3.05) is 18.4 Å². The second-order valence-corrected chi connectivity index (χ2v) is 10.1. The average molecular weight is 425 g/mol. The van der Waals surface area contributed by atoms with E-state index >= 15 is 0 Å². The van der Waals surface area contributed by atoms with Crippen LogP contribution in [-0.2, 0) is 12.8 Å². The molecule has 2 aromatic heterocycles. The SMILES string of the molecule is CC(c1cccc(F)c1)N1CCC(C)(Nc2ncnc3sc4c(c23)CCCC4)CC1. The van der Waals surface area contributed by atoms with E-state index in [1.54, 1.807) is 18.5 Å². The van der Waals surface area contributed by atoms with Crippen molar-refractivity contribution in [1.82, 2.24) is 14.9 Å². The maximum absolute atomic E-state index is 13.6. The highest BCUT2D eigenvalue weighted by atomic mass is 32.1. The largest absolute Gasteiger partial charge is 0.364 e. The third-order valence-electron chi connectivity index (χ3n) is 6.95. The summed E-state index contributed by atoms with van der Waals surface area (Å²) in [6.45, 7) is 6.45. The van der Waals surface area contributed by atoms with E-state index in [2.05, 4.69) is 34.0 Å². The van der Waals surface area contributed by atoms with Gasteiger partial charge in [0, 0.05) is 29.5 Å². The molecule has 5 rings (SSSR count). The Labute approximate surface area is 181 Å². The Morgan fingerprint density at radius 3 is 2.77 bits per heavy atom. The molecule has 1 aromatic carbocycles. The molecule has 0 bridgehead atoms. The van der Waals surface area contributed by atoms with Crippen LogP contribution >= 0.6 is 11.3 Å². The Kier molecular flexibility index (Phi) is 5.23. The highest BCUT2D eigenvalue weighted by Crippen LogP contribution is 2.40. The molecule has 30 heavy (non-hydrogen) atoms. The van der Waals surface area contributed by atoms with E-state index in [1.165, 1.54) is 41.2 Å². The number of thiophene rings is 1. The van der Waals surface area contributed by atoms with Crippen LogP contribution in [0, 0.1) is 5.82 Å². The standard InChI is InChI=1S/C24H29FN4S/c1-16(17-6-5-7-18(25)14-17)29-12-10-24(2,11-13-29)28-22-21-19-8-3-4-9-20(19)30-23(21)27-15-26-22/h5-7,14-16H,3-4,8-13H2,1-2H3,(H,26,27,28). The van der Waals surface area contributed by atoms with Crippen molar-refractivity contribution in [1.29, 1.82) is 0 Å². The van der Waals surface area contributed by atoms with Crippen LogP contribution in [0.15, 0.2) is 30.6 Å². The van der Waals surface area contributed by atoms with Crippen LogP contribution in [0.5, 0.6) is 0 Å². The summed E-state index contributed by atoms with van der Waals surface area (Å²) in [4.78, 5) is 14.3. The molecule has 3 aromatic rings. The summed E-state index contributed by atoms with van der Waals surface area (Å²) in [6, 6.07) is 7.23. The predicted octanol–water partition coefficient (Wildman–Crippen LogP) is 5.74.